The normalized spacial score (nSPS) is 15.0. The van der Waals surface area contributed by atoms with Crippen LogP contribution in [0.4, 0.5) is 15.9 Å². The van der Waals surface area contributed by atoms with Gasteiger partial charge in [0.1, 0.15) is 29.8 Å². The Morgan fingerprint density at radius 1 is 1.03 bits per heavy atom. The lowest BCUT2D eigenvalue weighted by Crippen LogP contribution is -2.35. The molecule has 1 aliphatic rings. The van der Waals surface area contributed by atoms with Crippen molar-refractivity contribution in [1.29, 1.82) is 0 Å². The highest BCUT2D eigenvalue weighted by Crippen LogP contribution is 2.37. The van der Waals surface area contributed by atoms with Crippen molar-refractivity contribution >= 4 is 22.4 Å². The Bertz CT molecular complexity index is 1430. The molecule has 3 heterocycles. The van der Waals surface area contributed by atoms with Crippen LogP contribution in [0.5, 0.6) is 23.1 Å². The lowest BCUT2D eigenvalue weighted by molar-refractivity contribution is 0.111. The molecule has 4 aromatic rings. The molecule has 0 saturated carbocycles. The monoisotopic (exact) mass is 520 g/mol. The van der Waals surface area contributed by atoms with E-state index in [-0.39, 0.29) is 17.3 Å². The summed E-state index contributed by atoms with van der Waals surface area (Å²) in [7, 11) is 3.72. The zero-order valence-electron chi connectivity index (χ0n) is 22.4. The molecule has 38 heavy (non-hydrogen) atoms. The van der Waals surface area contributed by atoms with E-state index in [1.54, 1.807) is 30.0 Å². The number of nitrogens with zero attached hydrogens (tertiary/aromatic N) is 5. The molecule has 2 aromatic heterocycles. The number of ether oxygens (including phenoxy) is 3. The number of aromatic nitrogens is 4. The summed E-state index contributed by atoms with van der Waals surface area (Å²) in [5, 5.41) is 8.21. The van der Waals surface area contributed by atoms with Gasteiger partial charge in [-0.15, -0.1) is 5.10 Å². The molecule has 9 nitrogen and oxygen atoms in total. The summed E-state index contributed by atoms with van der Waals surface area (Å²) in [6, 6.07) is 10.0. The van der Waals surface area contributed by atoms with Crippen LogP contribution in [0.3, 0.4) is 0 Å². The Labute approximate surface area is 221 Å². The zero-order chi connectivity index (χ0) is 26.9. The van der Waals surface area contributed by atoms with Crippen molar-refractivity contribution in [2.24, 2.45) is 0 Å². The highest BCUT2D eigenvalue weighted by Gasteiger charge is 2.21. The van der Waals surface area contributed by atoms with Crippen LogP contribution in [0, 0.1) is 5.82 Å². The molecular weight excluding hydrogens is 487 g/mol. The minimum atomic E-state index is -0.485. The Hall–Kier alpha value is -3.92. The molecule has 0 aliphatic carbocycles. The fraction of sp³-hybridized carbons (Fsp3) is 0.393. The van der Waals surface area contributed by atoms with Crippen molar-refractivity contribution in [3.63, 3.8) is 0 Å². The van der Waals surface area contributed by atoms with Crippen LogP contribution in [0.1, 0.15) is 33.6 Å². The van der Waals surface area contributed by atoms with E-state index in [0.717, 1.165) is 25.9 Å². The first-order chi connectivity index (χ1) is 18.2. The van der Waals surface area contributed by atoms with Gasteiger partial charge >= 0.3 is 0 Å². The lowest BCUT2D eigenvalue weighted by Gasteiger charge is -2.29. The van der Waals surface area contributed by atoms with Gasteiger partial charge < -0.3 is 24.4 Å². The summed E-state index contributed by atoms with van der Waals surface area (Å²) < 4.78 is 34.6. The summed E-state index contributed by atoms with van der Waals surface area (Å²) in [5.74, 6) is 1.93. The second kappa shape index (κ2) is 10.4. The summed E-state index contributed by atoms with van der Waals surface area (Å²) in [4.78, 5) is 11.0. The Morgan fingerprint density at radius 2 is 1.82 bits per heavy atom. The van der Waals surface area contributed by atoms with E-state index in [2.05, 4.69) is 32.3 Å². The van der Waals surface area contributed by atoms with Crippen molar-refractivity contribution in [1.82, 2.24) is 24.6 Å². The van der Waals surface area contributed by atoms with Crippen molar-refractivity contribution < 1.29 is 18.6 Å². The average molecular weight is 521 g/mol. The van der Waals surface area contributed by atoms with Crippen LogP contribution in [0.25, 0.3) is 10.9 Å². The van der Waals surface area contributed by atoms with E-state index in [1.165, 1.54) is 12.4 Å². The third-order valence-electron chi connectivity index (χ3n) is 6.55. The number of benzene rings is 2. The van der Waals surface area contributed by atoms with Gasteiger partial charge in [0.15, 0.2) is 11.5 Å². The SMILES string of the molecule is COc1cc2ncnc(Nc3ccc(Oc4ccn(C(C)(C)C)n4)cc3F)c2cc1OC1CCN(C)CC1. The standard InChI is InChI=1S/C28H33FN6O3/c1-28(2,3)35-13-10-26(33-35)38-19-6-7-22(21(29)14-19)32-27-20-15-25(37-18-8-11-34(4)12-9-18)24(36-5)16-23(20)30-17-31-27/h6-7,10,13-18H,8-9,11-12H2,1-5H3,(H,30,31,32). The second-order valence-corrected chi connectivity index (χ2v) is 10.5. The number of fused-ring (bicyclic) bond motifs is 1. The molecule has 1 fully saturated rings. The van der Waals surface area contributed by atoms with E-state index in [0.29, 0.717) is 39.8 Å². The summed E-state index contributed by atoms with van der Waals surface area (Å²) >= 11 is 0. The number of likely N-dealkylation sites (tertiary alicyclic amines) is 1. The minimum Gasteiger partial charge on any atom is -0.493 e. The number of halogens is 1. The number of methoxy groups -OCH3 is 1. The highest BCUT2D eigenvalue weighted by atomic mass is 19.1. The largest absolute Gasteiger partial charge is 0.493 e. The maximum absolute atomic E-state index is 15.1. The molecule has 1 aliphatic heterocycles. The van der Waals surface area contributed by atoms with Crippen LogP contribution in [0.15, 0.2) is 48.9 Å². The number of nitrogens with one attached hydrogen (secondary N) is 1. The number of rotatable bonds is 7. The molecule has 200 valence electrons. The molecule has 0 bridgehead atoms. The van der Waals surface area contributed by atoms with Crippen LogP contribution in [0.2, 0.25) is 0 Å². The zero-order valence-corrected chi connectivity index (χ0v) is 22.4. The second-order valence-electron chi connectivity index (χ2n) is 10.5. The van der Waals surface area contributed by atoms with Gasteiger partial charge in [-0.05, 0) is 58.9 Å². The van der Waals surface area contributed by atoms with Gasteiger partial charge in [0.2, 0.25) is 5.88 Å². The average Bonchev–Trinajstić information content (AvgIpc) is 3.36. The first-order valence-corrected chi connectivity index (χ1v) is 12.7. The molecule has 1 N–H and O–H groups in total. The lowest BCUT2D eigenvalue weighted by atomic mass is 10.1. The smallest absolute Gasteiger partial charge is 0.238 e. The van der Waals surface area contributed by atoms with E-state index in [4.69, 9.17) is 14.2 Å². The summed E-state index contributed by atoms with van der Waals surface area (Å²) in [5.41, 5.74) is 0.735. The van der Waals surface area contributed by atoms with Crippen molar-refractivity contribution in [3.05, 3.63) is 54.7 Å². The van der Waals surface area contributed by atoms with E-state index in [9.17, 15) is 0 Å². The predicted molar refractivity (Wildman–Crippen MR) is 144 cm³/mol. The summed E-state index contributed by atoms with van der Waals surface area (Å²) in [6.07, 6.45) is 5.23. The van der Waals surface area contributed by atoms with Gasteiger partial charge in [0.05, 0.1) is 23.9 Å². The topological polar surface area (TPSA) is 86.6 Å². The van der Waals surface area contributed by atoms with Gasteiger partial charge in [-0.3, -0.25) is 4.68 Å². The van der Waals surface area contributed by atoms with Crippen LogP contribution < -0.4 is 19.5 Å². The van der Waals surface area contributed by atoms with Gasteiger partial charge in [0, 0.05) is 42.9 Å². The molecule has 0 spiro atoms. The molecule has 10 heteroatoms. The molecule has 0 radical (unpaired) electrons. The van der Waals surface area contributed by atoms with E-state index >= 15 is 4.39 Å². The fourth-order valence-corrected chi connectivity index (χ4v) is 4.34. The maximum atomic E-state index is 15.1. The van der Waals surface area contributed by atoms with E-state index < -0.39 is 5.82 Å². The Kier molecular flexibility index (Phi) is 7.07. The number of hydrogen-bond acceptors (Lipinski definition) is 8. The molecule has 0 atom stereocenters. The first-order valence-electron chi connectivity index (χ1n) is 12.7. The molecule has 1 saturated heterocycles. The molecular formula is C28H33FN6O3. The molecule has 5 rings (SSSR count). The molecule has 0 unspecified atom stereocenters. The minimum absolute atomic E-state index is 0.0957. The number of hydrogen-bond donors (Lipinski definition) is 1. The van der Waals surface area contributed by atoms with Gasteiger partial charge in [-0.25, -0.2) is 14.4 Å². The quantitative estimate of drug-likeness (QED) is 0.330. The van der Waals surface area contributed by atoms with Gasteiger partial charge in [-0.1, -0.05) is 0 Å². The third kappa shape index (κ3) is 5.65. The molecule has 2 aromatic carbocycles. The van der Waals surface area contributed by atoms with Gasteiger partial charge in [0.25, 0.3) is 0 Å². The molecule has 0 amide bonds. The van der Waals surface area contributed by atoms with Crippen molar-refractivity contribution in [2.45, 2.75) is 45.3 Å². The highest BCUT2D eigenvalue weighted by molar-refractivity contribution is 5.93. The Balaban J connectivity index is 1.37. The van der Waals surface area contributed by atoms with Crippen molar-refractivity contribution in [2.75, 3.05) is 32.6 Å². The van der Waals surface area contributed by atoms with Crippen LogP contribution >= 0.6 is 0 Å². The first kappa shape index (κ1) is 25.7. The van der Waals surface area contributed by atoms with E-state index in [1.807, 2.05) is 39.1 Å². The third-order valence-corrected chi connectivity index (χ3v) is 6.55. The van der Waals surface area contributed by atoms with Crippen molar-refractivity contribution in [3.8, 4) is 23.1 Å². The summed E-state index contributed by atoms with van der Waals surface area (Å²) in [6.45, 7) is 8.09. The van der Waals surface area contributed by atoms with Crippen LogP contribution in [-0.4, -0.2) is 58.0 Å². The maximum Gasteiger partial charge on any atom is 0.238 e. The van der Waals surface area contributed by atoms with Gasteiger partial charge in [-0.2, -0.15) is 0 Å². The Morgan fingerprint density at radius 3 is 2.50 bits per heavy atom. The fourth-order valence-electron chi connectivity index (χ4n) is 4.34. The van der Waals surface area contributed by atoms with Crippen LogP contribution in [-0.2, 0) is 5.54 Å². The number of anilines is 2. The predicted octanol–water partition coefficient (Wildman–Crippen LogP) is 5.74. The number of piperidine rings is 1.